The molecular formula is C30H36FN2O+. The minimum absolute atomic E-state index is 0.0794. The second-order valence-electron chi connectivity index (χ2n) is 9.84. The molecule has 3 aromatic carbocycles. The van der Waals surface area contributed by atoms with Gasteiger partial charge in [0.05, 0.1) is 13.1 Å². The minimum atomic E-state index is -0.226. The van der Waals surface area contributed by atoms with Crippen LogP contribution in [0.5, 0.6) is 0 Å². The van der Waals surface area contributed by atoms with Crippen LogP contribution in [0.15, 0.2) is 72.8 Å². The van der Waals surface area contributed by atoms with Crippen molar-refractivity contribution in [2.24, 2.45) is 0 Å². The Labute approximate surface area is 203 Å². The van der Waals surface area contributed by atoms with Gasteiger partial charge in [0.1, 0.15) is 12.4 Å². The predicted octanol–water partition coefficient (Wildman–Crippen LogP) is 6.75. The molecule has 1 fully saturated rings. The SMILES string of the molecule is CCC(C(=O)Nc1c(C)cccc1C)[N+]1(Cc2ccc(F)cc2)CCCC(c2ccccc2)C1. The van der Waals surface area contributed by atoms with E-state index in [-0.39, 0.29) is 17.8 Å². The molecular weight excluding hydrogens is 423 g/mol. The molecule has 0 saturated carbocycles. The molecule has 1 aliphatic heterocycles. The van der Waals surface area contributed by atoms with Crippen LogP contribution >= 0.6 is 0 Å². The third kappa shape index (κ3) is 5.23. The van der Waals surface area contributed by atoms with Crippen LogP contribution in [0, 0.1) is 19.7 Å². The topological polar surface area (TPSA) is 29.1 Å². The highest BCUT2D eigenvalue weighted by atomic mass is 19.1. The number of hydrogen-bond acceptors (Lipinski definition) is 1. The fraction of sp³-hybridized carbons (Fsp3) is 0.367. The number of carbonyl (C=O) groups is 1. The van der Waals surface area contributed by atoms with Gasteiger partial charge in [-0.05, 0) is 55.5 Å². The van der Waals surface area contributed by atoms with Crippen molar-refractivity contribution in [3.8, 4) is 0 Å². The van der Waals surface area contributed by atoms with Gasteiger partial charge in [0.15, 0.2) is 6.04 Å². The van der Waals surface area contributed by atoms with Gasteiger partial charge < -0.3 is 9.80 Å². The van der Waals surface area contributed by atoms with Gasteiger partial charge in [0.25, 0.3) is 5.91 Å². The van der Waals surface area contributed by atoms with Crippen molar-refractivity contribution in [2.75, 3.05) is 18.4 Å². The number of nitrogens with one attached hydrogen (secondary N) is 1. The molecule has 3 nitrogen and oxygen atoms in total. The first kappa shape index (κ1) is 24.2. The Morgan fingerprint density at radius 3 is 2.32 bits per heavy atom. The maximum atomic E-state index is 13.9. The van der Waals surface area contributed by atoms with Gasteiger partial charge in [-0.3, -0.25) is 4.79 Å². The molecule has 0 bridgehead atoms. The molecule has 3 unspecified atom stereocenters. The number of likely N-dealkylation sites (tertiary alicyclic amines) is 1. The van der Waals surface area contributed by atoms with Crippen molar-refractivity contribution >= 4 is 11.6 Å². The van der Waals surface area contributed by atoms with Crippen molar-refractivity contribution in [3.05, 3.63) is 101 Å². The number of amides is 1. The highest BCUT2D eigenvalue weighted by Gasteiger charge is 2.45. The van der Waals surface area contributed by atoms with Crippen LogP contribution in [0.25, 0.3) is 0 Å². The number of hydrogen-bond donors (Lipinski definition) is 1. The third-order valence-electron chi connectivity index (χ3n) is 7.50. The fourth-order valence-corrected chi connectivity index (χ4v) is 5.80. The van der Waals surface area contributed by atoms with Crippen LogP contribution in [0.1, 0.15) is 54.4 Å². The molecule has 4 heteroatoms. The van der Waals surface area contributed by atoms with E-state index in [2.05, 4.69) is 42.6 Å². The molecule has 3 atom stereocenters. The van der Waals surface area contributed by atoms with E-state index in [1.165, 1.54) is 17.7 Å². The van der Waals surface area contributed by atoms with Crippen molar-refractivity contribution in [1.29, 1.82) is 0 Å². The summed E-state index contributed by atoms with van der Waals surface area (Å²) < 4.78 is 14.3. The van der Waals surface area contributed by atoms with Gasteiger partial charge in [-0.2, -0.15) is 0 Å². The molecule has 3 aromatic rings. The minimum Gasteiger partial charge on any atom is -0.320 e. The summed E-state index contributed by atoms with van der Waals surface area (Å²) in [4.78, 5) is 13.9. The number of anilines is 1. The summed E-state index contributed by atoms with van der Waals surface area (Å²) in [5, 5.41) is 3.29. The Hall–Kier alpha value is -2.98. The highest BCUT2D eigenvalue weighted by molar-refractivity contribution is 5.95. The zero-order valence-electron chi connectivity index (χ0n) is 20.6. The number of halogens is 1. The average molecular weight is 460 g/mol. The molecule has 1 saturated heterocycles. The average Bonchev–Trinajstić information content (AvgIpc) is 2.84. The largest absolute Gasteiger partial charge is 0.320 e. The Kier molecular flexibility index (Phi) is 7.47. The Morgan fingerprint density at radius 1 is 1.00 bits per heavy atom. The molecule has 0 radical (unpaired) electrons. The van der Waals surface area contributed by atoms with Crippen molar-refractivity contribution in [1.82, 2.24) is 0 Å². The van der Waals surface area contributed by atoms with Gasteiger partial charge >= 0.3 is 0 Å². The predicted molar refractivity (Wildman–Crippen MR) is 137 cm³/mol. The van der Waals surface area contributed by atoms with Crippen LogP contribution in [0.2, 0.25) is 0 Å². The quantitative estimate of drug-likeness (QED) is 0.389. The Balaban J connectivity index is 1.69. The van der Waals surface area contributed by atoms with Crippen molar-refractivity contribution in [2.45, 2.75) is 58.5 Å². The van der Waals surface area contributed by atoms with Gasteiger partial charge in [-0.1, -0.05) is 67.6 Å². The first-order valence-electron chi connectivity index (χ1n) is 12.4. The van der Waals surface area contributed by atoms with Gasteiger partial charge in [-0.15, -0.1) is 0 Å². The molecule has 0 aromatic heterocycles. The van der Waals surface area contributed by atoms with Gasteiger partial charge in [0.2, 0.25) is 0 Å². The summed E-state index contributed by atoms with van der Waals surface area (Å²) in [6.07, 6.45) is 2.94. The lowest BCUT2D eigenvalue weighted by Gasteiger charge is -2.49. The number of quaternary nitrogens is 1. The van der Waals surface area contributed by atoms with E-state index in [0.29, 0.717) is 10.4 Å². The van der Waals surface area contributed by atoms with Gasteiger partial charge in [0, 0.05) is 23.6 Å². The van der Waals surface area contributed by atoms with Crippen LogP contribution in [0.3, 0.4) is 0 Å². The molecule has 34 heavy (non-hydrogen) atoms. The summed E-state index contributed by atoms with van der Waals surface area (Å²) in [5.74, 6) is 0.254. The number of aryl methyl sites for hydroxylation is 2. The summed E-state index contributed by atoms with van der Waals surface area (Å²) >= 11 is 0. The molecule has 178 valence electrons. The van der Waals surface area contributed by atoms with Crippen LogP contribution in [-0.4, -0.2) is 29.5 Å². The summed E-state index contributed by atoms with van der Waals surface area (Å²) in [5.41, 5.74) is 5.49. The van der Waals surface area contributed by atoms with E-state index < -0.39 is 0 Å². The second-order valence-corrected chi connectivity index (χ2v) is 9.84. The van der Waals surface area contributed by atoms with E-state index in [9.17, 15) is 9.18 Å². The van der Waals surface area contributed by atoms with E-state index in [4.69, 9.17) is 0 Å². The molecule has 1 aliphatic rings. The molecule has 1 N–H and O–H groups in total. The lowest BCUT2D eigenvalue weighted by Crippen LogP contribution is -2.62. The maximum absolute atomic E-state index is 13.9. The van der Waals surface area contributed by atoms with Crippen molar-refractivity contribution < 1.29 is 13.7 Å². The normalized spacial score (nSPS) is 21.1. The number of carbonyl (C=O) groups excluding carboxylic acids is 1. The monoisotopic (exact) mass is 459 g/mol. The third-order valence-corrected chi connectivity index (χ3v) is 7.50. The van der Waals surface area contributed by atoms with Crippen LogP contribution in [0.4, 0.5) is 10.1 Å². The van der Waals surface area contributed by atoms with E-state index >= 15 is 0 Å². The summed E-state index contributed by atoms with van der Waals surface area (Å²) in [7, 11) is 0. The molecule has 4 rings (SSSR count). The molecule has 1 amide bonds. The molecule has 1 heterocycles. The van der Waals surface area contributed by atoms with E-state index in [0.717, 1.165) is 61.3 Å². The molecule has 0 spiro atoms. The lowest BCUT2D eigenvalue weighted by molar-refractivity contribution is -0.960. The number of benzene rings is 3. The zero-order chi connectivity index (χ0) is 24.1. The fourth-order valence-electron chi connectivity index (χ4n) is 5.80. The lowest BCUT2D eigenvalue weighted by atomic mass is 9.86. The highest BCUT2D eigenvalue weighted by Crippen LogP contribution is 2.36. The van der Waals surface area contributed by atoms with Gasteiger partial charge in [-0.25, -0.2) is 4.39 Å². The standard InChI is InChI=1S/C30H35FN2O/c1-4-28(30(34)32-29-22(2)10-8-11-23(29)3)33(20-24-15-17-27(31)18-16-24)19-9-14-26(21-33)25-12-6-5-7-13-25/h5-8,10-13,15-18,26,28H,4,9,14,19-21H2,1-3H3/p+1. The van der Waals surface area contributed by atoms with Crippen molar-refractivity contribution in [3.63, 3.8) is 0 Å². The van der Waals surface area contributed by atoms with E-state index in [1.807, 2.05) is 44.2 Å². The number of rotatable bonds is 7. The Bertz CT molecular complexity index is 1090. The number of piperidine rings is 1. The maximum Gasteiger partial charge on any atom is 0.282 e. The van der Waals surface area contributed by atoms with Crippen LogP contribution in [-0.2, 0) is 11.3 Å². The smallest absolute Gasteiger partial charge is 0.282 e. The summed E-state index contributed by atoms with van der Waals surface area (Å²) in [6, 6.07) is 23.4. The number of para-hydroxylation sites is 1. The summed E-state index contributed by atoms with van der Waals surface area (Å²) in [6.45, 7) is 8.77. The Morgan fingerprint density at radius 2 is 1.68 bits per heavy atom. The first-order chi connectivity index (χ1) is 16.4. The second kappa shape index (κ2) is 10.5. The van der Waals surface area contributed by atoms with E-state index in [1.54, 1.807) is 0 Å². The zero-order valence-corrected chi connectivity index (χ0v) is 20.6. The molecule has 0 aliphatic carbocycles. The number of nitrogens with zero attached hydrogens (tertiary/aromatic N) is 1. The first-order valence-corrected chi connectivity index (χ1v) is 12.4. The van der Waals surface area contributed by atoms with Crippen LogP contribution < -0.4 is 5.32 Å².